The van der Waals surface area contributed by atoms with Gasteiger partial charge in [0.05, 0.1) is 17.3 Å². The Morgan fingerprint density at radius 3 is 2.28 bits per heavy atom. The van der Waals surface area contributed by atoms with Gasteiger partial charge in [-0.15, -0.1) is 0 Å². The zero-order valence-electron chi connectivity index (χ0n) is 10.1. The van der Waals surface area contributed by atoms with Crippen molar-refractivity contribution in [2.75, 3.05) is 0 Å². The second kappa shape index (κ2) is 3.35. The van der Waals surface area contributed by atoms with E-state index in [4.69, 9.17) is 4.74 Å². The van der Waals surface area contributed by atoms with Crippen LogP contribution in [-0.2, 0) is 9.53 Å². The van der Waals surface area contributed by atoms with Gasteiger partial charge in [-0.2, -0.15) is 0 Å². The van der Waals surface area contributed by atoms with Crippen LogP contribution in [0.3, 0.4) is 0 Å². The van der Waals surface area contributed by atoms with Crippen LogP contribution in [0.25, 0.3) is 0 Å². The molecule has 5 heteroatoms. The van der Waals surface area contributed by atoms with Crippen LogP contribution in [0.1, 0.15) is 32.1 Å². The Balaban J connectivity index is 1.98. The van der Waals surface area contributed by atoms with Gasteiger partial charge < -0.3 is 20.1 Å². The number of esters is 1. The highest BCUT2D eigenvalue weighted by Crippen LogP contribution is 2.60. The molecule has 0 radical (unpaired) electrons. The normalized spacial score (nSPS) is 53.3. The fourth-order valence-corrected chi connectivity index (χ4v) is 4.49. The summed E-state index contributed by atoms with van der Waals surface area (Å²) in [5, 5.41) is 31.2. The van der Waals surface area contributed by atoms with Crippen LogP contribution in [0, 0.1) is 5.92 Å². The largest absolute Gasteiger partial charge is 0.453 e. The summed E-state index contributed by atoms with van der Waals surface area (Å²) in [5.74, 6) is -0.836. The van der Waals surface area contributed by atoms with E-state index in [1.807, 2.05) is 0 Å². The van der Waals surface area contributed by atoms with E-state index >= 15 is 0 Å². The molecule has 0 saturated heterocycles. The third kappa shape index (κ3) is 1.54. The molecule has 4 rings (SSSR count). The molecule has 0 spiro atoms. The van der Waals surface area contributed by atoms with Gasteiger partial charge in [0.1, 0.15) is 5.60 Å². The highest BCUT2D eigenvalue weighted by Gasteiger charge is 2.68. The standard InChI is InChI=1S/C13H18O5/c1-2-9(14)18-13-6-11(16)3-8(10(13)15)4-12(17,5-11)7-13/h2,8,10,15-17H,1,3-7H2. The van der Waals surface area contributed by atoms with Gasteiger partial charge in [0.2, 0.25) is 0 Å². The van der Waals surface area contributed by atoms with E-state index in [1.165, 1.54) is 0 Å². The molecule has 0 aromatic carbocycles. The number of hydrogen-bond donors (Lipinski definition) is 3. The van der Waals surface area contributed by atoms with E-state index in [0.717, 1.165) is 6.08 Å². The maximum Gasteiger partial charge on any atom is 0.330 e. The maximum atomic E-state index is 11.4. The Morgan fingerprint density at radius 2 is 1.78 bits per heavy atom. The number of carbonyl (C=O) groups is 1. The van der Waals surface area contributed by atoms with Crippen molar-refractivity contribution < 1.29 is 24.9 Å². The zero-order valence-corrected chi connectivity index (χ0v) is 10.1. The molecule has 4 fully saturated rings. The molecular weight excluding hydrogens is 236 g/mol. The van der Waals surface area contributed by atoms with Crippen molar-refractivity contribution in [1.82, 2.24) is 0 Å². The summed E-state index contributed by atoms with van der Waals surface area (Å²) < 4.78 is 5.32. The summed E-state index contributed by atoms with van der Waals surface area (Å²) in [4.78, 5) is 11.4. The summed E-state index contributed by atoms with van der Waals surface area (Å²) >= 11 is 0. The SMILES string of the molecule is C=CC(=O)OC12CC3(O)CC(CC(O)(C3)C1)C2O. The summed E-state index contributed by atoms with van der Waals surface area (Å²) in [6.45, 7) is 3.34. The minimum Gasteiger partial charge on any atom is -0.453 e. The lowest BCUT2D eigenvalue weighted by molar-refractivity contribution is -0.297. The molecule has 0 aliphatic heterocycles. The first-order chi connectivity index (χ1) is 8.30. The molecule has 18 heavy (non-hydrogen) atoms. The number of hydrogen-bond acceptors (Lipinski definition) is 5. The minimum atomic E-state index is -1.16. The Morgan fingerprint density at radius 1 is 1.22 bits per heavy atom. The summed E-state index contributed by atoms with van der Waals surface area (Å²) in [7, 11) is 0. The Labute approximate surface area is 105 Å². The Bertz CT molecular complexity index is 400. The van der Waals surface area contributed by atoms with Crippen LogP contribution in [0.15, 0.2) is 12.7 Å². The van der Waals surface area contributed by atoms with Crippen LogP contribution in [-0.4, -0.2) is 44.2 Å². The van der Waals surface area contributed by atoms with E-state index in [9.17, 15) is 20.1 Å². The topological polar surface area (TPSA) is 87.0 Å². The number of rotatable bonds is 2. The van der Waals surface area contributed by atoms with Gasteiger partial charge in [0.25, 0.3) is 0 Å². The molecule has 4 aliphatic carbocycles. The molecule has 3 N–H and O–H groups in total. The predicted octanol–water partition coefficient (Wildman–Crippen LogP) is -0.115. The molecule has 100 valence electrons. The minimum absolute atomic E-state index is 0.194. The van der Waals surface area contributed by atoms with Crippen LogP contribution < -0.4 is 0 Å². The second-order valence-corrected chi connectivity index (χ2v) is 6.28. The smallest absolute Gasteiger partial charge is 0.330 e. The lowest BCUT2D eigenvalue weighted by Crippen LogP contribution is -2.72. The van der Waals surface area contributed by atoms with Crippen LogP contribution >= 0.6 is 0 Å². The summed E-state index contributed by atoms with van der Waals surface area (Å²) in [6.07, 6.45) is 1.84. The first-order valence-electron chi connectivity index (χ1n) is 6.28. The van der Waals surface area contributed by atoms with E-state index in [-0.39, 0.29) is 18.8 Å². The van der Waals surface area contributed by atoms with Crippen molar-refractivity contribution in [2.45, 2.75) is 55.0 Å². The monoisotopic (exact) mass is 254 g/mol. The lowest BCUT2D eigenvalue weighted by Gasteiger charge is -2.64. The Kier molecular flexibility index (Phi) is 2.26. The fourth-order valence-electron chi connectivity index (χ4n) is 4.49. The summed E-state index contributed by atoms with van der Waals surface area (Å²) in [5.41, 5.74) is -3.22. The highest BCUT2D eigenvalue weighted by molar-refractivity contribution is 5.81. The highest BCUT2D eigenvalue weighted by atomic mass is 16.6. The quantitative estimate of drug-likeness (QED) is 0.472. The molecule has 3 atom stereocenters. The van der Waals surface area contributed by atoms with Crippen LogP contribution in [0.5, 0.6) is 0 Å². The van der Waals surface area contributed by atoms with Crippen molar-refractivity contribution in [3.05, 3.63) is 12.7 Å². The van der Waals surface area contributed by atoms with E-state index < -0.39 is 28.9 Å². The van der Waals surface area contributed by atoms with Gasteiger partial charge in [0.15, 0.2) is 0 Å². The van der Waals surface area contributed by atoms with E-state index in [1.54, 1.807) is 0 Å². The third-order valence-electron chi connectivity index (χ3n) is 4.66. The van der Waals surface area contributed by atoms with Crippen molar-refractivity contribution in [3.8, 4) is 0 Å². The molecule has 5 nitrogen and oxygen atoms in total. The van der Waals surface area contributed by atoms with Crippen molar-refractivity contribution in [3.63, 3.8) is 0 Å². The average molecular weight is 254 g/mol. The predicted molar refractivity (Wildman–Crippen MR) is 61.5 cm³/mol. The van der Waals surface area contributed by atoms with E-state index in [2.05, 4.69) is 6.58 Å². The van der Waals surface area contributed by atoms with Crippen LogP contribution in [0.2, 0.25) is 0 Å². The van der Waals surface area contributed by atoms with Crippen LogP contribution in [0.4, 0.5) is 0 Å². The first-order valence-corrected chi connectivity index (χ1v) is 6.28. The molecule has 0 aromatic heterocycles. The van der Waals surface area contributed by atoms with Gasteiger partial charge in [-0.1, -0.05) is 6.58 Å². The van der Waals surface area contributed by atoms with Gasteiger partial charge in [-0.05, 0) is 18.8 Å². The lowest BCUT2D eigenvalue weighted by atomic mass is 9.49. The van der Waals surface area contributed by atoms with Gasteiger partial charge in [-0.25, -0.2) is 4.79 Å². The molecule has 0 heterocycles. The molecular formula is C13H18O5. The van der Waals surface area contributed by atoms with Gasteiger partial charge in [0, 0.05) is 25.3 Å². The van der Waals surface area contributed by atoms with Crippen molar-refractivity contribution >= 4 is 5.97 Å². The number of aliphatic hydroxyl groups excluding tert-OH is 1. The van der Waals surface area contributed by atoms with Gasteiger partial charge in [-0.3, -0.25) is 0 Å². The third-order valence-corrected chi connectivity index (χ3v) is 4.66. The maximum absolute atomic E-state index is 11.4. The van der Waals surface area contributed by atoms with Crippen molar-refractivity contribution in [1.29, 1.82) is 0 Å². The van der Waals surface area contributed by atoms with Gasteiger partial charge >= 0.3 is 5.97 Å². The van der Waals surface area contributed by atoms with Crippen molar-refractivity contribution in [2.24, 2.45) is 5.92 Å². The average Bonchev–Trinajstić information content (AvgIpc) is 2.22. The summed E-state index contributed by atoms with van der Waals surface area (Å²) in [6, 6.07) is 0. The number of aliphatic hydroxyl groups is 3. The molecule has 0 amide bonds. The molecule has 3 unspecified atom stereocenters. The first kappa shape index (κ1) is 12.1. The molecule has 4 bridgehead atoms. The molecule has 4 saturated carbocycles. The number of carbonyl (C=O) groups excluding carboxylic acids is 1. The second-order valence-electron chi connectivity index (χ2n) is 6.28. The number of ether oxygens (including phenoxy) is 1. The zero-order chi connectivity index (χ0) is 13.2. The molecule has 4 aliphatic rings. The Hall–Kier alpha value is -0.910. The molecule has 0 aromatic rings. The fraction of sp³-hybridized carbons (Fsp3) is 0.769. The van der Waals surface area contributed by atoms with E-state index in [0.29, 0.717) is 19.3 Å².